The summed E-state index contributed by atoms with van der Waals surface area (Å²) in [4.78, 5) is 20.6. The van der Waals surface area contributed by atoms with Crippen LogP contribution in [0, 0.1) is 0 Å². The highest BCUT2D eigenvalue weighted by molar-refractivity contribution is 9.11. The maximum absolute atomic E-state index is 11.9. The first-order valence-corrected chi connectivity index (χ1v) is 7.14. The Morgan fingerprint density at radius 1 is 1.42 bits per heavy atom. The lowest BCUT2D eigenvalue weighted by Gasteiger charge is -2.04. The lowest BCUT2D eigenvalue weighted by atomic mass is 10.2. The normalized spacial score (nSPS) is 10.8. The molecule has 0 bridgehead atoms. The van der Waals surface area contributed by atoms with Crippen molar-refractivity contribution in [2.24, 2.45) is 0 Å². The molecule has 3 rings (SSSR count). The van der Waals surface area contributed by atoms with E-state index in [4.69, 9.17) is 0 Å². The Morgan fingerprint density at radius 3 is 3.11 bits per heavy atom. The Morgan fingerprint density at radius 2 is 2.32 bits per heavy atom. The minimum absolute atomic E-state index is 0.119. The molecule has 0 radical (unpaired) electrons. The minimum atomic E-state index is -0.119. The first-order valence-electron chi connectivity index (χ1n) is 5.53. The average molecular weight is 337 g/mol. The SMILES string of the molecule is O=C(NCc1ccn2ccnc2c1)c1cnc(Br)s1. The highest BCUT2D eigenvalue weighted by Crippen LogP contribution is 2.18. The first kappa shape index (κ1) is 12.3. The number of halogens is 1. The molecule has 5 nitrogen and oxygen atoms in total. The molecule has 1 N–H and O–H groups in total. The van der Waals surface area contributed by atoms with E-state index in [2.05, 4.69) is 31.2 Å². The topological polar surface area (TPSA) is 59.3 Å². The quantitative estimate of drug-likeness (QED) is 0.799. The fourth-order valence-corrected chi connectivity index (χ4v) is 2.87. The molecule has 0 aromatic carbocycles. The van der Waals surface area contributed by atoms with Gasteiger partial charge in [0.05, 0.1) is 6.20 Å². The lowest BCUT2D eigenvalue weighted by Crippen LogP contribution is -2.21. The molecule has 0 unspecified atom stereocenters. The predicted octanol–water partition coefficient (Wildman–Crippen LogP) is 2.48. The van der Waals surface area contributed by atoms with Crippen molar-refractivity contribution < 1.29 is 4.79 Å². The van der Waals surface area contributed by atoms with Gasteiger partial charge in [0.25, 0.3) is 5.91 Å². The standard InChI is InChI=1S/C12H9BrN4OS/c13-12-16-7-9(19-12)11(18)15-6-8-1-3-17-4-2-14-10(17)5-8/h1-5,7H,6H2,(H,15,18). The first-order chi connectivity index (χ1) is 9.22. The molecule has 3 aromatic heterocycles. The summed E-state index contributed by atoms with van der Waals surface area (Å²) in [6, 6.07) is 3.90. The Labute approximate surface area is 121 Å². The molecule has 3 heterocycles. The molecular formula is C12H9BrN4OS. The smallest absolute Gasteiger partial charge is 0.263 e. The number of aromatic nitrogens is 3. The van der Waals surface area contributed by atoms with E-state index in [1.807, 2.05) is 28.9 Å². The number of carbonyl (C=O) groups is 1. The van der Waals surface area contributed by atoms with Gasteiger partial charge in [-0.15, -0.1) is 11.3 Å². The molecule has 0 fully saturated rings. The van der Waals surface area contributed by atoms with Crippen LogP contribution in [-0.4, -0.2) is 20.3 Å². The second-order valence-corrected chi connectivity index (χ2v) is 6.19. The summed E-state index contributed by atoms with van der Waals surface area (Å²) in [6.07, 6.45) is 7.11. The van der Waals surface area contributed by atoms with E-state index >= 15 is 0 Å². The van der Waals surface area contributed by atoms with Crippen molar-refractivity contribution in [2.75, 3.05) is 0 Å². The third-order valence-electron chi connectivity index (χ3n) is 2.62. The van der Waals surface area contributed by atoms with E-state index in [1.54, 1.807) is 12.4 Å². The number of nitrogens with zero attached hydrogens (tertiary/aromatic N) is 3. The maximum atomic E-state index is 11.9. The van der Waals surface area contributed by atoms with Crippen LogP contribution in [0.3, 0.4) is 0 Å². The van der Waals surface area contributed by atoms with Gasteiger partial charge in [0.1, 0.15) is 10.5 Å². The number of rotatable bonds is 3. The molecule has 7 heteroatoms. The molecule has 1 amide bonds. The van der Waals surface area contributed by atoms with Gasteiger partial charge >= 0.3 is 0 Å². The molecule has 96 valence electrons. The molecule has 0 spiro atoms. The van der Waals surface area contributed by atoms with Crippen molar-refractivity contribution in [1.82, 2.24) is 19.7 Å². The van der Waals surface area contributed by atoms with Gasteiger partial charge in [-0.1, -0.05) is 0 Å². The Kier molecular flexibility index (Phi) is 3.31. The van der Waals surface area contributed by atoms with Gasteiger partial charge in [-0.2, -0.15) is 0 Å². The summed E-state index contributed by atoms with van der Waals surface area (Å²) >= 11 is 4.55. The third-order valence-corrected chi connectivity index (χ3v) is 4.09. The number of amides is 1. The van der Waals surface area contributed by atoms with Crippen LogP contribution in [0.1, 0.15) is 15.2 Å². The molecular weight excluding hydrogens is 328 g/mol. The van der Waals surface area contributed by atoms with E-state index in [9.17, 15) is 4.79 Å². The van der Waals surface area contributed by atoms with Crippen LogP contribution in [0.4, 0.5) is 0 Å². The highest BCUT2D eigenvalue weighted by Gasteiger charge is 2.09. The van der Waals surface area contributed by atoms with Gasteiger partial charge in [0, 0.05) is 25.1 Å². The zero-order valence-corrected chi connectivity index (χ0v) is 12.1. The number of pyridine rings is 1. The minimum Gasteiger partial charge on any atom is -0.347 e. The third kappa shape index (κ3) is 2.66. The number of imidazole rings is 1. The lowest BCUT2D eigenvalue weighted by molar-refractivity contribution is 0.0955. The highest BCUT2D eigenvalue weighted by atomic mass is 79.9. The zero-order valence-electron chi connectivity index (χ0n) is 9.71. The molecule has 0 saturated heterocycles. The van der Waals surface area contributed by atoms with Crippen LogP contribution in [0.15, 0.2) is 40.8 Å². The van der Waals surface area contributed by atoms with Crippen molar-refractivity contribution in [3.8, 4) is 0 Å². The van der Waals surface area contributed by atoms with Gasteiger partial charge in [0.2, 0.25) is 0 Å². The fourth-order valence-electron chi connectivity index (χ4n) is 1.69. The van der Waals surface area contributed by atoms with Crippen LogP contribution in [0.5, 0.6) is 0 Å². The molecule has 0 aliphatic rings. The largest absolute Gasteiger partial charge is 0.347 e. The molecule has 3 aromatic rings. The number of nitrogens with one attached hydrogen (secondary N) is 1. The van der Waals surface area contributed by atoms with Gasteiger partial charge in [-0.25, -0.2) is 9.97 Å². The summed E-state index contributed by atoms with van der Waals surface area (Å²) in [5.41, 5.74) is 1.88. The van der Waals surface area contributed by atoms with Crippen LogP contribution in [0.25, 0.3) is 5.65 Å². The predicted molar refractivity (Wildman–Crippen MR) is 76.2 cm³/mol. The van der Waals surface area contributed by atoms with Crippen molar-refractivity contribution in [2.45, 2.75) is 6.54 Å². The number of fused-ring (bicyclic) bond motifs is 1. The van der Waals surface area contributed by atoms with Crippen LogP contribution >= 0.6 is 27.3 Å². The summed E-state index contributed by atoms with van der Waals surface area (Å²) < 4.78 is 2.63. The molecule has 0 saturated carbocycles. The van der Waals surface area contributed by atoms with Gasteiger partial charge < -0.3 is 9.72 Å². The van der Waals surface area contributed by atoms with E-state index in [0.717, 1.165) is 11.2 Å². The Hall–Kier alpha value is -1.73. The molecule has 0 aliphatic carbocycles. The maximum Gasteiger partial charge on any atom is 0.263 e. The summed E-state index contributed by atoms with van der Waals surface area (Å²) in [6.45, 7) is 0.470. The zero-order chi connectivity index (χ0) is 13.2. The van der Waals surface area contributed by atoms with E-state index < -0.39 is 0 Å². The number of thiazole rings is 1. The van der Waals surface area contributed by atoms with Crippen LogP contribution in [0.2, 0.25) is 0 Å². The molecule has 0 aliphatic heterocycles. The van der Waals surface area contributed by atoms with Crippen LogP contribution < -0.4 is 5.32 Å². The van der Waals surface area contributed by atoms with Gasteiger partial charge in [0.15, 0.2) is 3.92 Å². The number of carbonyl (C=O) groups excluding carboxylic acids is 1. The van der Waals surface area contributed by atoms with Crippen LogP contribution in [-0.2, 0) is 6.54 Å². The second-order valence-electron chi connectivity index (χ2n) is 3.89. The van der Waals surface area contributed by atoms with Gasteiger partial charge in [-0.3, -0.25) is 4.79 Å². The summed E-state index contributed by atoms with van der Waals surface area (Å²) in [5.74, 6) is -0.119. The second kappa shape index (κ2) is 5.10. The summed E-state index contributed by atoms with van der Waals surface area (Å²) in [7, 11) is 0. The summed E-state index contributed by atoms with van der Waals surface area (Å²) in [5, 5.41) is 2.86. The molecule has 19 heavy (non-hydrogen) atoms. The number of hydrogen-bond donors (Lipinski definition) is 1. The Bertz CT molecular complexity index is 736. The van der Waals surface area contributed by atoms with E-state index in [0.29, 0.717) is 15.3 Å². The van der Waals surface area contributed by atoms with Crippen molar-refractivity contribution in [3.63, 3.8) is 0 Å². The van der Waals surface area contributed by atoms with Crippen molar-refractivity contribution in [3.05, 3.63) is 51.3 Å². The average Bonchev–Trinajstić information content (AvgIpc) is 3.03. The Balaban J connectivity index is 1.70. The van der Waals surface area contributed by atoms with E-state index in [-0.39, 0.29) is 5.91 Å². The fraction of sp³-hybridized carbons (Fsp3) is 0.0833. The molecule has 0 atom stereocenters. The number of hydrogen-bond acceptors (Lipinski definition) is 4. The van der Waals surface area contributed by atoms with Gasteiger partial charge in [-0.05, 0) is 33.6 Å². The van der Waals surface area contributed by atoms with Crippen molar-refractivity contribution >= 4 is 38.8 Å². The van der Waals surface area contributed by atoms with Crippen molar-refractivity contribution in [1.29, 1.82) is 0 Å². The monoisotopic (exact) mass is 336 g/mol. The van der Waals surface area contributed by atoms with E-state index in [1.165, 1.54) is 11.3 Å².